The van der Waals surface area contributed by atoms with E-state index in [0.29, 0.717) is 17.2 Å². The van der Waals surface area contributed by atoms with Gasteiger partial charge in [0.1, 0.15) is 4.88 Å². The van der Waals surface area contributed by atoms with Gasteiger partial charge in [-0.15, -0.1) is 11.3 Å². The van der Waals surface area contributed by atoms with Gasteiger partial charge in [-0.05, 0) is 25.5 Å². The second kappa shape index (κ2) is 6.63. The summed E-state index contributed by atoms with van der Waals surface area (Å²) in [6.07, 6.45) is 0. The number of esters is 1. The molecule has 1 heterocycles. The fraction of sp³-hybridized carbons (Fsp3) is 0.312. The van der Waals surface area contributed by atoms with Crippen LogP contribution in [0.1, 0.15) is 27.7 Å². The number of benzene rings is 1. The highest BCUT2D eigenvalue weighted by atomic mass is 32.1. The van der Waals surface area contributed by atoms with Crippen molar-refractivity contribution in [3.05, 3.63) is 46.3 Å². The number of rotatable bonds is 5. The molecule has 0 saturated heterocycles. The molecule has 2 N–H and O–H groups in total. The number of nitrogens with two attached hydrogens (primary N) is 1. The van der Waals surface area contributed by atoms with Crippen molar-refractivity contribution in [2.24, 2.45) is 0 Å². The lowest BCUT2D eigenvalue weighted by Gasteiger charge is -2.17. The second-order valence-corrected chi connectivity index (χ2v) is 5.96. The van der Waals surface area contributed by atoms with E-state index in [-0.39, 0.29) is 5.97 Å². The van der Waals surface area contributed by atoms with Crippen molar-refractivity contribution in [3.8, 4) is 0 Å². The van der Waals surface area contributed by atoms with Crippen molar-refractivity contribution in [2.45, 2.75) is 20.4 Å². The van der Waals surface area contributed by atoms with Crippen molar-refractivity contribution in [1.29, 1.82) is 0 Å². The van der Waals surface area contributed by atoms with Crippen molar-refractivity contribution in [3.63, 3.8) is 0 Å². The van der Waals surface area contributed by atoms with Gasteiger partial charge in [0.05, 0.1) is 17.3 Å². The number of nitrogen functional groups attached to an aromatic ring is 1. The van der Waals surface area contributed by atoms with E-state index in [4.69, 9.17) is 10.5 Å². The molecule has 1 aromatic heterocycles. The normalized spacial score (nSPS) is 10.4. The van der Waals surface area contributed by atoms with E-state index >= 15 is 0 Å². The molecule has 0 aliphatic carbocycles. The number of carbonyl (C=O) groups is 1. The first-order chi connectivity index (χ1) is 10.0. The maximum absolute atomic E-state index is 11.8. The van der Waals surface area contributed by atoms with Crippen LogP contribution in [0.15, 0.2) is 30.3 Å². The largest absolute Gasteiger partial charge is 0.462 e. The highest BCUT2D eigenvalue weighted by Crippen LogP contribution is 2.32. The van der Waals surface area contributed by atoms with Crippen molar-refractivity contribution in [2.75, 3.05) is 24.3 Å². The van der Waals surface area contributed by atoms with E-state index in [1.54, 1.807) is 6.92 Å². The molecule has 1 aromatic carbocycles. The zero-order valence-electron chi connectivity index (χ0n) is 12.6. The zero-order chi connectivity index (χ0) is 15.4. The van der Waals surface area contributed by atoms with Crippen LogP contribution in [0, 0.1) is 6.92 Å². The molecule has 0 bridgehead atoms. The molecule has 2 aromatic rings. The Morgan fingerprint density at radius 2 is 2.00 bits per heavy atom. The first-order valence-corrected chi connectivity index (χ1v) is 7.66. The van der Waals surface area contributed by atoms with E-state index in [0.717, 1.165) is 11.5 Å². The van der Waals surface area contributed by atoms with Crippen LogP contribution >= 0.6 is 11.3 Å². The van der Waals surface area contributed by atoms with Crippen molar-refractivity contribution < 1.29 is 9.53 Å². The lowest BCUT2D eigenvalue weighted by Crippen LogP contribution is -2.14. The SMILES string of the molecule is CCOC(=O)c1sc(N(C)Cc2ccc(C)cc2)cc1N. The minimum atomic E-state index is -0.352. The third-order valence-electron chi connectivity index (χ3n) is 3.13. The molecule has 0 fully saturated rings. The first-order valence-electron chi connectivity index (χ1n) is 6.84. The summed E-state index contributed by atoms with van der Waals surface area (Å²) in [7, 11) is 1.99. The summed E-state index contributed by atoms with van der Waals surface area (Å²) >= 11 is 1.36. The van der Waals surface area contributed by atoms with E-state index in [1.807, 2.05) is 13.1 Å². The summed E-state index contributed by atoms with van der Waals surface area (Å²) in [6.45, 7) is 4.97. The number of hydrogen-bond acceptors (Lipinski definition) is 5. The quantitative estimate of drug-likeness (QED) is 0.860. The van der Waals surface area contributed by atoms with Crippen molar-refractivity contribution >= 4 is 28.0 Å². The zero-order valence-corrected chi connectivity index (χ0v) is 13.4. The Morgan fingerprint density at radius 1 is 1.33 bits per heavy atom. The third-order valence-corrected chi connectivity index (χ3v) is 4.37. The van der Waals surface area contributed by atoms with E-state index in [9.17, 15) is 4.79 Å². The number of ether oxygens (including phenoxy) is 1. The molecule has 0 unspecified atom stereocenters. The smallest absolute Gasteiger partial charge is 0.350 e. The van der Waals surface area contributed by atoms with Crippen molar-refractivity contribution in [1.82, 2.24) is 0 Å². The van der Waals surface area contributed by atoms with Gasteiger partial charge in [0.15, 0.2) is 0 Å². The van der Waals surface area contributed by atoms with E-state index in [1.165, 1.54) is 22.5 Å². The van der Waals surface area contributed by atoms with Crippen LogP contribution in [0.25, 0.3) is 0 Å². The average molecular weight is 304 g/mol. The summed E-state index contributed by atoms with van der Waals surface area (Å²) in [5, 5.41) is 0.955. The van der Waals surface area contributed by atoms with Gasteiger partial charge in [-0.1, -0.05) is 29.8 Å². The molecule has 0 aliphatic rings. The third kappa shape index (κ3) is 3.76. The lowest BCUT2D eigenvalue weighted by atomic mass is 10.1. The molecule has 0 spiro atoms. The number of thiophene rings is 1. The van der Waals surface area contributed by atoms with Crippen LogP contribution in [0.5, 0.6) is 0 Å². The molecule has 5 heteroatoms. The minimum Gasteiger partial charge on any atom is -0.462 e. The van der Waals surface area contributed by atoms with Gasteiger partial charge in [0, 0.05) is 13.6 Å². The highest BCUT2D eigenvalue weighted by Gasteiger charge is 2.17. The summed E-state index contributed by atoms with van der Waals surface area (Å²) in [6, 6.07) is 10.2. The Morgan fingerprint density at radius 3 is 2.62 bits per heavy atom. The summed E-state index contributed by atoms with van der Waals surface area (Å²) in [5.74, 6) is -0.352. The molecular weight excluding hydrogens is 284 g/mol. The second-order valence-electron chi connectivity index (χ2n) is 4.93. The van der Waals surface area contributed by atoms with Gasteiger partial charge in [-0.3, -0.25) is 0 Å². The average Bonchev–Trinajstić information content (AvgIpc) is 2.84. The summed E-state index contributed by atoms with van der Waals surface area (Å²) < 4.78 is 5.01. The molecule has 112 valence electrons. The van der Waals surface area contributed by atoms with Gasteiger partial charge in [0.25, 0.3) is 0 Å². The van der Waals surface area contributed by atoms with Crippen LogP contribution in [-0.4, -0.2) is 19.6 Å². The Labute approximate surface area is 129 Å². The summed E-state index contributed by atoms with van der Waals surface area (Å²) in [4.78, 5) is 14.3. The minimum absolute atomic E-state index is 0.352. The Balaban J connectivity index is 2.12. The topological polar surface area (TPSA) is 55.6 Å². The van der Waals surface area contributed by atoms with E-state index < -0.39 is 0 Å². The van der Waals surface area contributed by atoms with Gasteiger partial charge in [-0.2, -0.15) is 0 Å². The van der Waals surface area contributed by atoms with Crippen LogP contribution in [-0.2, 0) is 11.3 Å². The van der Waals surface area contributed by atoms with Crippen LogP contribution in [0.3, 0.4) is 0 Å². The fourth-order valence-electron chi connectivity index (χ4n) is 1.98. The maximum atomic E-state index is 11.8. The molecule has 0 aliphatic heterocycles. The number of anilines is 2. The Kier molecular flexibility index (Phi) is 4.85. The predicted octanol–water partition coefficient (Wildman–Crippen LogP) is 3.45. The van der Waals surface area contributed by atoms with Gasteiger partial charge in [-0.25, -0.2) is 4.79 Å². The standard InChI is InChI=1S/C16H20N2O2S/c1-4-20-16(19)15-13(17)9-14(21-15)18(3)10-12-7-5-11(2)6-8-12/h5-9H,4,10,17H2,1-3H3. The fourth-order valence-corrected chi connectivity index (χ4v) is 2.92. The molecule has 2 rings (SSSR count). The van der Waals surface area contributed by atoms with E-state index in [2.05, 4.69) is 36.1 Å². The molecule has 0 saturated carbocycles. The van der Waals surface area contributed by atoms with Crippen LogP contribution in [0.2, 0.25) is 0 Å². The Bertz CT molecular complexity index is 620. The highest BCUT2D eigenvalue weighted by molar-refractivity contribution is 7.18. The Hall–Kier alpha value is -2.01. The number of carbonyl (C=O) groups excluding carboxylic acids is 1. The number of nitrogens with zero attached hydrogens (tertiary/aromatic N) is 1. The molecule has 0 radical (unpaired) electrons. The van der Waals surface area contributed by atoms with Gasteiger partial charge in [0.2, 0.25) is 0 Å². The number of aryl methyl sites for hydroxylation is 1. The molecule has 0 atom stereocenters. The van der Waals surface area contributed by atoms with Crippen LogP contribution < -0.4 is 10.6 Å². The molecule has 4 nitrogen and oxygen atoms in total. The lowest BCUT2D eigenvalue weighted by molar-refractivity contribution is 0.0533. The van der Waals surface area contributed by atoms with Gasteiger partial charge >= 0.3 is 5.97 Å². The first kappa shape index (κ1) is 15.4. The maximum Gasteiger partial charge on any atom is 0.350 e. The molecular formula is C16H20N2O2S. The van der Waals surface area contributed by atoms with Crippen LogP contribution in [0.4, 0.5) is 10.7 Å². The molecule has 21 heavy (non-hydrogen) atoms. The van der Waals surface area contributed by atoms with Gasteiger partial charge < -0.3 is 15.4 Å². The summed E-state index contributed by atoms with van der Waals surface area (Å²) in [5.41, 5.74) is 8.84. The monoisotopic (exact) mass is 304 g/mol. The molecule has 0 amide bonds. The predicted molar refractivity (Wildman–Crippen MR) is 88.0 cm³/mol. The number of hydrogen-bond donors (Lipinski definition) is 1.